The molecule has 0 unspecified atom stereocenters. The van der Waals surface area contributed by atoms with E-state index in [4.69, 9.17) is 0 Å². The predicted octanol–water partition coefficient (Wildman–Crippen LogP) is 0.798. The van der Waals surface area contributed by atoms with E-state index in [1.165, 1.54) is 12.1 Å². The molecule has 0 saturated carbocycles. The molecule has 0 radical (unpaired) electrons. The summed E-state index contributed by atoms with van der Waals surface area (Å²) < 4.78 is 0. The number of non-ortho nitro benzene ring substituents is 1. The molecule has 0 bridgehead atoms. The minimum absolute atomic E-state index is 0.0199. The fourth-order valence-corrected chi connectivity index (χ4v) is 2.93. The Kier molecular flexibility index (Phi) is 2.51. The van der Waals surface area contributed by atoms with Crippen molar-refractivity contribution in [3.8, 4) is 0 Å². The van der Waals surface area contributed by atoms with Gasteiger partial charge in [-0.1, -0.05) is 12.2 Å². The van der Waals surface area contributed by atoms with Gasteiger partial charge in [-0.15, -0.1) is 0 Å². The summed E-state index contributed by atoms with van der Waals surface area (Å²) in [5.41, 5.74) is 1.43. The summed E-state index contributed by atoms with van der Waals surface area (Å²) in [7, 11) is 0. The van der Waals surface area contributed by atoms with Gasteiger partial charge >= 0.3 is 0 Å². The van der Waals surface area contributed by atoms with E-state index in [9.17, 15) is 20.0 Å². The van der Waals surface area contributed by atoms with Crippen molar-refractivity contribution >= 4 is 17.3 Å². The van der Waals surface area contributed by atoms with Crippen LogP contribution in [0.2, 0.25) is 0 Å². The van der Waals surface area contributed by atoms with Crippen LogP contribution in [0.1, 0.15) is 17.9 Å². The molecule has 0 aromatic heterocycles. The molecule has 0 spiro atoms. The average molecular weight is 259 g/mol. The van der Waals surface area contributed by atoms with Crippen molar-refractivity contribution in [1.82, 2.24) is 0 Å². The number of hydrogen-bond acceptors (Lipinski definition) is 5. The van der Waals surface area contributed by atoms with Crippen LogP contribution in [-0.4, -0.2) is 16.9 Å². The smallest absolute Gasteiger partial charge is 0.269 e. The van der Waals surface area contributed by atoms with Crippen LogP contribution in [0.5, 0.6) is 0 Å². The molecule has 0 fully saturated rings. The SMILES string of the molecule is O=C([O-])[C@H]1Nc2ccc([N+](=O)[O-])cc2[C@H]2C=CC[C@@H]12. The zero-order valence-corrected chi connectivity index (χ0v) is 9.91. The van der Waals surface area contributed by atoms with Gasteiger partial charge in [-0.05, 0) is 24.0 Å². The number of carboxylic acid groups (broad SMARTS) is 1. The molecule has 6 nitrogen and oxygen atoms in total. The third kappa shape index (κ3) is 1.76. The first-order chi connectivity index (χ1) is 9.08. The number of fused-ring (bicyclic) bond motifs is 3. The van der Waals surface area contributed by atoms with Crippen LogP contribution in [0.3, 0.4) is 0 Å². The number of nitro benzene ring substituents is 1. The van der Waals surface area contributed by atoms with Crippen LogP contribution in [0.25, 0.3) is 0 Å². The number of nitrogens with zero attached hydrogens (tertiary/aromatic N) is 1. The third-order valence-corrected chi connectivity index (χ3v) is 3.81. The van der Waals surface area contributed by atoms with Crippen molar-refractivity contribution in [2.75, 3.05) is 5.32 Å². The highest BCUT2D eigenvalue weighted by Gasteiger charge is 2.38. The van der Waals surface area contributed by atoms with E-state index in [1.807, 2.05) is 12.2 Å². The van der Waals surface area contributed by atoms with Gasteiger partial charge in [0.2, 0.25) is 0 Å². The Morgan fingerprint density at radius 1 is 1.42 bits per heavy atom. The maximum atomic E-state index is 11.2. The molecule has 0 amide bonds. The summed E-state index contributed by atoms with van der Waals surface area (Å²) in [4.78, 5) is 21.5. The molecule has 1 aliphatic heterocycles. The molecule has 1 aromatic rings. The summed E-state index contributed by atoms with van der Waals surface area (Å²) in [6.07, 6.45) is 4.48. The highest BCUT2D eigenvalue weighted by molar-refractivity contribution is 5.79. The lowest BCUT2D eigenvalue weighted by atomic mass is 9.79. The molecule has 98 valence electrons. The van der Waals surface area contributed by atoms with Crippen molar-refractivity contribution in [2.24, 2.45) is 5.92 Å². The van der Waals surface area contributed by atoms with Crippen molar-refractivity contribution < 1.29 is 14.8 Å². The van der Waals surface area contributed by atoms with E-state index in [1.54, 1.807) is 6.07 Å². The molecule has 3 atom stereocenters. The van der Waals surface area contributed by atoms with Crippen LogP contribution in [0, 0.1) is 16.0 Å². The van der Waals surface area contributed by atoms with Crippen molar-refractivity contribution in [2.45, 2.75) is 18.4 Å². The normalized spacial score (nSPS) is 27.3. The monoisotopic (exact) mass is 259 g/mol. The minimum atomic E-state index is -1.14. The molecule has 1 aromatic carbocycles. The van der Waals surface area contributed by atoms with E-state index < -0.39 is 16.9 Å². The molecule has 6 heteroatoms. The molecule has 1 heterocycles. The van der Waals surface area contributed by atoms with Crippen LogP contribution in [0.15, 0.2) is 30.4 Å². The Bertz CT molecular complexity index is 596. The second kappa shape index (κ2) is 4.08. The number of carboxylic acids is 1. The molecular weight excluding hydrogens is 248 g/mol. The zero-order valence-electron chi connectivity index (χ0n) is 9.91. The van der Waals surface area contributed by atoms with Gasteiger partial charge in [0.05, 0.1) is 16.9 Å². The number of anilines is 1. The van der Waals surface area contributed by atoms with Crippen LogP contribution < -0.4 is 10.4 Å². The molecule has 2 aliphatic rings. The Balaban J connectivity index is 2.08. The second-order valence-corrected chi connectivity index (χ2v) is 4.82. The number of benzene rings is 1. The van der Waals surface area contributed by atoms with E-state index in [-0.39, 0.29) is 17.5 Å². The van der Waals surface area contributed by atoms with Gasteiger partial charge in [0.15, 0.2) is 0 Å². The number of nitro groups is 1. The van der Waals surface area contributed by atoms with Crippen molar-refractivity contribution in [3.63, 3.8) is 0 Å². The number of hydrogen-bond donors (Lipinski definition) is 1. The van der Waals surface area contributed by atoms with Gasteiger partial charge in [-0.25, -0.2) is 0 Å². The Morgan fingerprint density at radius 2 is 2.21 bits per heavy atom. The van der Waals surface area contributed by atoms with E-state index >= 15 is 0 Å². The number of nitrogens with one attached hydrogen (secondary N) is 1. The molecule has 0 saturated heterocycles. The Labute approximate surface area is 108 Å². The fourth-order valence-electron chi connectivity index (χ4n) is 2.93. The summed E-state index contributed by atoms with van der Waals surface area (Å²) in [6.45, 7) is 0. The first-order valence-electron chi connectivity index (χ1n) is 6.00. The van der Waals surface area contributed by atoms with Gasteiger partial charge in [-0.3, -0.25) is 10.1 Å². The second-order valence-electron chi connectivity index (χ2n) is 4.82. The number of rotatable bonds is 2. The number of allylic oxidation sites excluding steroid dienone is 2. The van der Waals surface area contributed by atoms with E-state index in [0.717, 1.165) is 5.56 Å². The molecule has 19 heavy (non-hydrogen) atoms. The average Bonchev–Trinajstić information content (AvgIpc) is 2.86. The van der Waals surface area contributed by atoms with Crippen LogP contribution in [0.4, 0.5) is 11.4 Å². The van der Waals surface area contributed by atoms with Gasteiger partial charge in [0, 0.05) is 23.7 Å². The highest BCUT2D eigenvalue weighted by Crippen LogP contribution is 2.45. The topological polar surface area (TPSA) is 95.3 Å². The van der Waals surface area contributed by atoms with Gasteiger partial charge < -0.3 is 15.2 Å². The summed E-state index contributed by atoms with van der Waals surface area (Å²) >= 11 is 0. The Morgan fingerprint density at radius 3 is 2.89 bits per heavy atom. The van der Waals surface area contributed by atoms with Gasteiger partial charge in [0.1, 0.15) is 0 Å². The third-order valence-electron chi connectivity index (χ3n) is 3.81. The first kappa shape index (κ1) is 11.7. The zero-order chi connectivity index (χ0) is 13.6. The number of carbonyl (C=O) groups excluding carboxylic acids is 1. The number of carbonyl (C=O) groups is 1. The summed E-state index contributed by atoms with van der Waals surface area (Å²) in [6, 6.07) is 3.69. The largest absolute Gasteiger partial charge is 0.548 e. The lowest BCUT2D eigenvalue weighted by Gasteiger charge is -2.37. The summed E-state index contributed by atoms with van der Waals surface area (Å²) in [5, 5.41) is 24.9. The van der Waals surface area contributed by atoms with Crippen molar-refractivity contribution in [1.29, 1.82) is 0 Å². The number of aliphatic carboxylic acids is 1. The maximum absolute atomic E-state index is 11.2. The highest BCUT2D eigenvalue weighted by atomic mass is 16.6. The van der Waals surface area contributed by atoms with Crippen molar-refractivity contribution in [3.05, 3.63) is 46.0 Å². The first-order valence-corrected chi connectivity index (χ1v) is 6.00. The lowest BCUT2D eigenvalue weighted by Crippen LogP contribution is -2.48. The van der Waals surface area contributed by atoms with E-state index in [2.05, 4.69) is 5.32 Å². The molecule has 1 aliphatic carbocycles. The summed E-state index contributed by atoms with van der Waals surface area (Å²) in [5.74, 6) is -1.37. The predicted molar refractivity (Wildman–Crippen MR) is 65.5 cm³/mol. The fraction of sp³-hybridized carbons (Fsp3) is 0.308. The standard InChI is InChI=1S/C13H12N2O4/c16-13(17)12-9-3-1-2-8(9)10-6-7(15(18)19)4-5-11(10)14-12/h1-2,4-6,8-9,12,14H,3H2,(H,16,17)/p-1/t8-,9+,12-/m0/s1. The maximum Gasteiger partial charge on any atom is 0.269 e. The van der Waals surface area contributed by atoms with Crippen LogP contribution >= 0.6 is 0 Å². The van der Waals surface area contributed by atoms with E-state index in [0.29, 0.717) is 12.1 Å². The lowest BCUT2D eigenvalue weighted by molar-refractivity contribution is -0.384. The van der Waals surface area contributed by atoms with Crippen LogP contribution in [-0.2, 0) is 4.79 Å². The molecule has 3 rings (SSSR count). The Hall–Kier alpha value is -2.37. The quantitative estimate of drug-likeness (QED) is 0.481. The van der Waals surface area contributed by atoms with Gasteiger partial charge in [0.25, 0.3) is 5.69 Å². The minimum Gasteiger partial charge on any atom is -0.548 e. The molecule has 1 N–H and O–H groups in total. The van der Waals surface area contributed by atoms with Gasteiger partial charge in [-0.2, -0.15) is 0 Å². The molecular formula is C13H11N2O4-.